The summed E-state index contributed by atoms with van der Waals surface area (Å²) in [4.78, 5) is 0.373. The summed E-state index contributed by atoms with van der Waals surface area (Å²) in [5.41, 5.74) is 0.973. The Morgan fingerprint density at radius 1 is 1.00 bits per heavy atom. The normalized spacial score (nSPS) is 11.4. The van der Waals surface area contributed by atoms with E-state index >= 15 is 0 Å². The monoisotopic (exact) mass is 305 g/mol. The summed E-state index contributed by atoms with van der Waals surface area (Å²) in [6, 6.07) is 15.5. The molecule has 112 valence electrons. The Morgan fingerprint density at radius 3 is 2.48 bits per heavy atom. The molecule has 0 amide bonds. The second-order valence-electron chi connectivity index (χ2n) is 4.83. The number of phenols is 1. The zero-order valence-electron chi connectivity index (χ0n) is 11.7. The molecule has 0 radical (unpaired) electrons. The van der Waals surface area contributed by atoms with E-state index in [0.717, 1.165) is 5.56 Å². The van der Waals surface area contributed by atoms with E-state index in [2.05, 4.69) is 5.32 Å². The van der Waals surface area contributed by atoms with Crippen molar-refractivity contribution in [3.05, 3.63) is 60.2 Å². The van der Waals surface area contributed by atoms with Crippen LogP contribution in [0.25, 0.3) is 0 Å². The van der Waals surface area contributed by atoms with Crippen molar-refractivity contribution in [2.75, 3.05) is 12.3 Å². The predicted molar refractivity (Wildman–Crippen MR) is 82.9 cm³/mol. The molecule has 0 spiro atoms. The first-order valence-electron chi connectivity index (χ1n) is 6.84. The molecule has 2 N–H and O–H groups in total. The maximum Gasteiger partial charge on any atom is 0.178 e. The molecule has 2 rings (SSSR count). The van der Waals surface area contributed by atoms with Gasteiger partial charge in [-0.3, -0.25) is 0 Å². The first-order valence-corrected chi connectivity index (χ1v) is 8.49. The number of benzene rings is 2. The summed E-state index contributed by atoms with van der Waals surface area (Å²) in [7, 11) is -3.19. The van der Waals surface area contributed by atoms with E-state index in [4.69, 9.17) is 0 Å². The molecule has 0 heterocycles. The van der Waals surface area contributed by atoms with Crippen molar-refractivity contribution < 1.29 is 13.5 Å². The molecular formula is C16H19NO3S. The average molecular weight is 305 g/mol. The van der Waals surface area contributed by atoms with Gasteiger partial charge in [0.2, 0.25) is 0 Å². The SMILES string of the molecule is O=S(=O)(CCCNCc1cccc(O)c1)c1ccccc1. The van der Waals surface area contributed by atoms with Gasteiger partial charge < -0.3 is 10.4 Å². The molecule has 0 aliphatic heterocycles. The molecular weight excluding hydrogens is 286 g/mol. The fourth-order valence-electron chi connectivity index (χ4n) is 2.03. The Balaban J connectivity index is 1.75. The zero-order valence-corrected chi connectivity index (χ0v) is 12.5. The Labute approximate surface area is 125 Å². The van der Waals surface area contributed by atoms with Crippen LogP contribution < -0.4 is 5.32 Å². The van der Waals surface area contributed by atoms with Crippen molar-refractivity contribution in [2.24, 2.45) is 0 Å². The summed E-state index contributed by atoms with van der Waals surface area (Å²) in [6.07, 6.45) is 0.552. The van der Waals surface area contributed by atoms with Gasteiger partial charge in [-0.15, -0.1) is 0 Å². The molecule has 21 heavy (non-hydrogen) atoms. The van der Waals surface area contributed by atoms with Gasteiger partial charge in [-0.1, -0.05) is 30.3 Å². The van der Waals surface area contributed by atoms with E-state index in [-0.39, 0.29) is 11.5 Å². The van der Waals surface area contributed by atoms with Crippen molar-refractivity contribution in [2.45, 2.75) is 17.9 Å². The van der Waals surface area contributed by atoms with Gasteiger partial charge in [0.25, 0.3) is 0 Å². The molecule has 2 aromatic rings. The number of phenolic OH excluding ortho intramolecular Hbond substituents is 1. The van der Waals surface area contributed by atoms with Gasteiger partial charge in [0.05, 0.1) is 10.6 Å². The first-order chi connectivity index (χ1) is 10.1. The highest BCUT2D eigenvalue weighted by Gasteiger charge is 2.12. The third kappa shape index (κ3) is 4.88. The number of nitrogens with one attached hydrogen (secondary N) is 1. The van der Waals surface area contributed by atoms with E-state index < -0.39 is 9.84 Å². The molecule has 0 bridgehead atoms. The van der Waals surface area contributed by atoms with Gasteiger partial charge in [0.15, 0.2) is 9.84 Å². The summed E-state index contributed by atoms with van der Waals surface area (Å²) >= 11 is 0. The lowest BCUT2D eigenvalue weighted by atomic mass is 10.2. The molecule has 4 nitrogen and oxygen atoms in total. The molecule has 0 saturated heterocycles. The predicted octanol–water partition coefficient (Wildman–Crippen LogP) is 2.35. The minimum Gasteiger partial charge on any atom is -0.508 e. The molecule has 0 saturated carbocycles. The Morgan fingerprint density at radius 2 is 1.76 bits per heavy atom. The number of aromatic hydroxyl groups is 1. The minimum absolute atomic E-state index is 0.129. The molecule has 0 aromatic heterocycles. The largest absolute Gasteiger partial charge is 0.508 e. The summed E-state index contributed by atoms with van der Waals surface area (Å²) in [5.74, 6) is 0.366. The van der Waals surface area contributed by atoms with Crippen LogP contribution in [0.1, 0.15) is 12.0 Å². The quantitative estimate of drug-likeness (QED) is 0.771. The standard InChI is InChI=1S/C16H19NO3S/c18-15-7-4-6-14(12-15)13-17-10-5-11-21(19,20)16-8-2-1-3-9-16/h1-4,6-9,12,17-18H,5,10-11,13H2. The van der Waals surface area contributed by atoms with Gasteiger partial charge >= 0.3 is 0 Å². The van der Waals surface area contributed by atoms with Gasteiger partial charge in [-0.05, 0) is 42.8 Å². The van der Waals surface area contributed by atoms with Crippen LogP contribution in [0.15, 0.2) is 59.5 Å². The van der Waals surface area contributed by atoms with Crippen LogP contribution in [0.3, 0.4) is 0 Å². The lowest BCUT2D eigenvalue weighted by Crippen LogP contribution is -2.18. The van der Waals surface area contributed by atoms with Crippen LogP contribution in [0.2, 0.25) is 0 Å². The average Bonchev–Trinajstić information content (AvgIpc) is 2.48. The molecule has 2 aromatic carbocycles. The smallest absolute Gasteiger partial charge is 0.178 e. The Bertz CT molecular complexity index is 669. The van der Waals surface area contributed by atoms with Crippen molar-refractivity contribution >= 4 is 9.84 Å². The van der Waals surface area contributed by atoms with E-state index in [1.807, 2.05) is 6.07 Å². The van der Waals surface area contributed by atoms with Gasteiger partial charge in [-0.25, -0.2) is 8.42 Å². The number of rotatable bonds is 7. The molecule has 0 aliphatic carbocycles. The van der Waals surface area contributed by atoms with Crippen LogP contribution in [0.4, 0.5) is 0 Å². The van der Waals surface area contributed by atoms with Crippen molar-refractivity contribution in [1.29, 1.82) is 0 Å². The summed E-state index contributed by atoms with van der Waals surface area (Å²) in [6.45, 7) is 1.22. The molecule has 0 aliphatic rings. The van der Waals surface area contributed by atoms with Crippen LogP contribution in [-0.2, 0) is 16.4 Å². The third-order valence-electron chi connectivity index (χ3n) is 3.11. The summed E-state index contributed by atoms with van der Waals surface area (Å²) in [5, 5.41) is 12.5. The minimum atomic E-state index is -3.19. The van der Waals surface area contributed by atoms with Crippen LogP contribution in [0.5, 0.6) is 5.75 Å². The van der Waals surface area contributed by atoms with Crippen molar-refractivity contribution in [3.8, 4) is 5.75 Å². The lowest BCUT2D eigenvalue weighted by Gasteiger charge is -2.06. The summed E-state index contributed by atoms with van der Waals surface area (Å²) < 4.78 is 24.1. The fourth-order valence-corrected chi connectivity index (χ4v) is 3.36. The first kappa shape index (κ1) is 15.5. The number of hydrogen-bond acceptors (Lipinski definition) is 4. The topological polar surface area (TPSA) is 66.4 Å². The van der Waals surface area contributed by atoms with E-state index in [1.165, 1.54) is 0 Å². The van der Waals surface area contributed by atoms with E-state index in [0.29, 0.717) is 24.4 Å². The second-order valence-corrected chi connectivity index (χ2v) is 6.94. The highest BCUT2D eigenvalue weighted by atomic mass is 32.2. The molecule has 0 fully saturated rings. The highest BCUT2D eigenvalue weighted by molar-refractivity contribution is 7.91. The van der Waals surface area contributed by atoms with Gasteiger partial charge in [0, 0.05) is 6.54 Å². The van der Waals surface area contributed by atoms with Crippen LogP contribution >= 0.6 is 0 Å². The number of sulfone groups is 1. The van der Waals surface area contributed by atoms with Crippen molar-refractivity contribution in [1.82, 2.24) is 5.32 Å². The van der Waals surface area contributed by atoms with Crippen LogP contribution in [-0.4, -0.2) is 25.8 Å². The lowest BCUT2D eigenvalue weighted by molar-refractivity contribution is 0.474. The van der Waals surface area contributed by atoms with Gasteiger partial charge in [-0.2, -0.15) is 0 Å². The Hall–Kier alpha value is -1.85. The third-order valence-corrected chi connectivity index (χ3v) is 4.93. The maximum absolute atomic E-state index is 12.0. The maximum atomic E-state index is 12.0. The number of hydrogen-bond donors (Lipinski definition) is 2. The van der Waals surface area contributed by atoms with Crippen molar-refractivity contribution in [3.63, 3.8) is 0 Å². The Kier molecular flexibility index (Phi) is 5.36. The highest BCUT2D eigenvalue weighted by Crippen LogP contribution is 2.12. The van der Waals surface area contributed by atoms with E-state index in [1.54, 1.807) is 48.5 Å². The molecule has 0 atom stereocenters. The molecule has 5 heteroatoms. The zero-order chi connectivity index (χ0) is 15.1. The fraction of sp³-hybridized carbons (Fsp3) is 0.250. The van der Waals surface area contributed by atoms with Gasteiger partial charge in [0.1, 0.15) is 5.75 Å². The second kappa shape index (κ2) is 7.24. The molecule has 0 unspecified atom stereocenters. The van der Waals surface area contributed by atoms with Crippen LogP contribution in [0, 0.1) is 0 Å². The van der Waals surface area contributed by atoms with E-state index in [9.17, 15) is 13.5 Å².